The minimum Gasteiger partial charge on any atom is -0.337 e. The van der Waals surface area contributed by atoms with E-state index < -0.39 is 5.92 Å². The normalized spacial score (nSPS) is 17.7. The zero-order valence-corrected chi connectivity index (χ0v) is 15.4. The monoisotopic (exact) mass is 358 g/mol. The van der Waals surface area contributed by atoms with Crippen LogP contribution in [-0.2, 0) is 16.6 Å². The fourth-order valence-electron chi connectivity index (χ4n) is 3.16. The Hall–Kier alpha value is -2.70. The van der Waals surface area contributed by atoms with Crippen LogP contribution in [-0.4, -0.2) is 38.3 Å². The van der Waals surface area contributed by atoms with Gasteiger partial charge in [-0.3, -0.25) is 14.9 Å². The lowest BCUT2D eigenvalue weighted by atomic mass is 10.1. The van der Waals surface area contributed by atoms with Crippen molar-refractivity contribution in [1.82, 2.24) is 14.5 Å². The van der Waals surface area contributed by atoms with Crippen LogP contribution in [0.5, 0.6) is 0 Å². The number of halogens is 1. The number of nitrogens with one attached hydrogen (secondary N) is 1. The summed E-state index contributed by atoms with van der Waals surface area (Å²) in [6.07, 6.45) is 1.84. The third kappa shape index (κ3) is 3.47. The third-order valence-electron chi connectivity index (χ3n) is 4.67. The first-order valence-corrected chi connectivity index (χ1v) is 8.56. The number of likely N-dealkylation sites (tertiary alicyclic amines) is 1. The van der Waals surface area contributed by atoms with Crippen molar-refractivity contribution in [3.63, 3.8) is 0 Å². The Labute approximate surface area is 152 Å². The maximum absolute atomic E-state index is 13.1. The largest absolute Gasteiger partial charge is 0.337 e. The van der Waals surface area contributed by atoms with Crippen molar-refractivity contribution in [2.24, 2.45) is 13.0 Å². The Kier molecular flexibility index (Phi) is 4.56. The molecule has 0 saturated carbocycles. The van der Waals surface area contributed by atoms with Crippen LogP contribution in [0.1, 0.15) is 27.2 Å². The van der Waals surface area contributed by atoms with Crippen LogP contribution in [0.25, 0.3) is 11.3 Å². The molecule has 0 radical (unpaired) electrons. The van der Waals surface area contributed by atoms with Crippen molar-refractivity contribution in [3.8, 4) is 11.3 Å². The van der Waals surface area contributed by atoms with Gasteiger partial charge in [0.05, 0.1) is 17.8 Å². The van der Waals surface area contributed by atoms with E-state index in [4.69, 9.17) is 0 Å². The van der Waals surface area contributed by atoms with Crippen LogP contribution < -0.4 is 5.32 Å². The van der Waals surface area contributed by atoms with Gasteiger partial charge >= 0.3 is 0 Å². The molecule has 2 heterocycles. The summed E-state index contributed by atoms with van der Waals surface area (Å²) in [6, 6.07) is 6.08. The molecule has 1 saturated heterocycles. The standard InChI is InChI=1S/C19H23FN4O2/c1-19(2,3)24-11-13(9-16(24)25)17(26)22-18-21-10-15(23(18)4)12-5-7-14(20)8-6-12/h5-8,10,13H,9,11H2,1-4H3,(H,21,22,26). The van der Waals surface area contributed by atoms with Crippen LogP contribution >= 0.6 is 0 Å². The van der Waals surface area contributed by atoms with Gasteiger partial charge in [-0.25, -0.2) is 9.37 Å². The fourth-order valence-corrected chi connectivity index (χ4v) is 3.16. The summed E-state index contributed by atoms with van der Waals surface area (Å²) in [5, 5.41) is 2.81. The van der Waals surface area contributed by atoms with Gasteiger partial charge < -0.3 is 9.47 Å². The van der Waals surface area contributed by atoms with Crippen LogP contribution in [0.4, 0.5) is 10.3 Å². The van der Waals surface area contributed by atoms with Gasteiger partial charge in [0, 0.05) is 31.1 Å². The molecule has 0 bridgehead atoms. The minimum atomic E-state index is -0.396. The van der Waals surface area contributed by atoms with Crippen molar-refractivity contribution >= 4 is 17.8 Å². The van der Waals surface area contributed by atoms with Crippen molar-refractivity contribution in [2.75, 3.05) is 11.9 Å². The summed E-state index contributed by atoms with van der Waals surface area (Å²) < 4.78 is 14.8. The van der Waals surface area contributed by atoms with Gasteiger partial charge in [-0.15, -0.1) is 0 Å². The predicted molar refractivity (Wildman–Crippen MR) is 96.8 cm³/mol. The molecule has 1 aliphatic heterocycles. The molecule has 2 amide bonds. The first-order chi connectivity index (χ1) is 12.2. The molecule has 1 N–H and O–H groups in total. The van der Waals surface area contributed by atoms with Gasteiger partial charge in [0.2, 0.25) is 17.8 Å². The average Bonchev–Trinajstić information content (AvgIpc) is 3.12. The second-order valence-electron chi connectivity index (χ2n) is 7.60. The zero-order chi connectivity index (χ0) is 19.1. The molecule has 1 unspecified atom stereocenters. The molecule has 1 aromatic heterocycles. The zero-order valence-electron chi connectivity index (χ0n) is 15.4. The number of hydrogen-bond acceptors (Lipinski definition) is 3. The molecule has 2 aromatic rings. The smallest absolute Gasteiger partial charge is 0.232 e. The SMILES string of the molecule is Cn1c(-c2ccc(F)cc2)cnc1NC(=O)C1CC(=O)N(C(C)(C)C)C1. The van der Waals surface area contributed by atoms with Gasteiger partial charge in [0.15, 0.2) is 0 Å². The first kappa shape index (κ1) is 18.1. The van der Waals surface area contributed by atoms with Crippen LogP contribution in [0.15, 0.2) is 30.5 Å². The van der Waals surface area contributed by atoms with E-state index in [1.807, 2.05) is 20.8 Å². The van der Waals surface area contributed by atoms with Crippen LogP contribution in [0.2, 0.25) is 0 Å². The highest BCUT2D eigenvalue weighted by Crippen LogP contribution is 2.27. The van der Waals surface area contributed by atoms with E-state index in [1.165, 1.54) is 12.1 Å². The molecule has 0 aliphatic carbocycles. The lowest BCUT2D eigenvalue weighted by Gasteiger charge is -2.31. The molecule has 0 spiro atoms. The lowest BCUT2D eigenvalue weighted by Crippen LogP contribution is -2.42. The second-order valence-corrected chi connectivity index (χ2v) is 7.60. The number of benzene rings is 1. The lowest BCUT2D eigenvalue weighted by molar-refractivity contribution is -0.131. The Bertz CT molecular complexity index is 836. The highest BCUT2D eigenvalue weighted by molar-refractivity contribution is 5.96. The van der Waals surface area contributed by atoms with Crippen molar-refractivity contribution < 1.29 is 14.0 Å². The number of anilines is 1. The highest BCUT2D eigenvalue weighted by atomic mass is 19.1. The van der Waals surface area contributed by atoms with Gasteiger partial charge in [0.25, 0.3) is 0 Å². The minimum absolute atomic E-state index is 0.00973. The van der Waals surface area contributed by atoms with Gasteiger partial charge in [-0.2, -0.15) is 0 Å². The van der Waals surface area contributed by atoms with Crippen molar-refractivity contribution in [1.29, 1.82) is 0 Å². The first-order valence-electron chi connectivity index (χ1n) is 8.56. The Morgan fingerprint density at radius 2 is 1.92 bits per heavy atom. The quantitative estimate of drug-likeness (QED) is 0.917. The molecule has 7 heteroatoms. The Morgan fingerprint density at radius 1 is 1.27 bits per heavy atom. The van der Waals surface area contributed by atoms with E-state index in [-0.39, 0.29) is 29.6 Å². The number of aromatic nitrogens is 2. The van der Waals surface area contributed by atoms with Gasteiger partial charge in [0.1, 0.15) is 5.82 Å². The molecular formula is C19H23FN4O2. The average molecular weight is 358 g/mol. The van der Waals surface area contributed by atoms with E-state index in [9.17, 15) is 14.0 Å². The van der Waals surface area contributed by atoms with Crippen LogP contribution in [0.3, 0.4) is 0 Å². The number of carbonyl (C=O) groups is 2. The highest BCUT2D eigenvalue weighted by Gasteiger charge is 2.39. The predicted octanol–water partition coefficient (Wildman–Crippen LogP) is 2.81. The summed E-state index contributed by atoms with van der Waals surface area (Å²) in [7, 11) is 1.78. The Balaban J connectivity index is 1.73. The summed E-state index contributed by atoms with van der Waals surface area (Å²) >= 11 is 0. The summed E-state index contributed by atoms with van der Waals surface area (Å²) in [4.78, 5) is 30.7. The maximum Gasteiger partial charge on any atom is 0.232 e. The third-order valence-corrected chi connectivity index (χ3v) is 4.67. The molecule has 1 atom stereocenters. The molecule has 138 valence electrons. The van der Waals surface area contributed by atoms with E-state index in [1.54, 1.807) is 34.8 Å². The van der Waals surface area contributed by atoms with E-state index in [0.717, 1.165) is 11.3 Å². The number of nitrogens with zero attached hydrogens (tertiary/aromatic N) is 3. The summed E-state index contributed by atoms with van der Waals surface area (Å²) in [5.74, 6) is -0.531. The van der Waals surface area contributed by atoms with Crippen LogP contribution in [0, 0.1) is 11.7 Å². The van der Waals surface area contributed by atoms with E-state index in [0.29, 0.717) is 12.5 Å². The molecular weight excluding hydrogens is 335 g/mol. The molecule has 1 aromatic carbocycles. The van der Waals surface area contributed by atoms with Crippen molar-refractivity contribution in [2.45, 2.75) is 32.7 Å². The number of amides is 2. The van der Waals surface area contributed by atoms with Gasteiger partial charge in [-0.1, -0.05) is 0 Å². The number of rotatable bonds is 3. The van der Waals surface area contributed by atoms with E-state index in [2.05, 4.69) is 10.3 Å². The summed E-state index contributed by atoms with van der Waals surface area (Å²) in [6.45, 7) is 6.28. The van der Waals surface area contributed by atoms with E-state index >= 15 is 0 Å². The number of hydrogen-bond donors (Lipinski definition) is 1. The molecule has 1 aliphatic rings. The Morgan fingerprint density at radius 3 is 2.50 bits per heavy atom. The number of carbonyl (C=O) groups excluding carboxylic acids is 2. The molecule has 1 fully saturated rings. The second kappa shape index (κ2) is 6.55. The topological polar surface area (TPSA) is 67.2 Å². The molecule has 6 nitrogen and oxygen atoms in total. The van der Waals surface area contributed by atoms with Gasteiger partial charge in [-0.05, 0) is 45.0 Å². The molecule has 3 rings (SSSR count). The maximum atomic E-state index is 13.1. The fraction of sp³-hybridized carbons (Fsp3) is 0.421. The number of imidazole rings is 1. The van der Waals surface area contributed by atoms with Crippen molar-refractivity contribution in [3.05, 3.63) is 36.3 Å². The molecule has 26 heavy (non-hydrogen) atoms. The summed E-state index contributed by atoms with van der Waals surface area (Å²) in [5.41, 5.74) is 1.27.